The van der Waals surface area contributed by atoms with Crippen LogP contribution in [0.15, 0.2) is 24.3 Å². The van der Waals surface area contributed by atoms with E-state index in [2.05, 4.69) is 43.5 Å². The molecule has 0 aromatic carbocycles. The third-order valence-electron chi connectivity index (χ3n) is 9.92. The Hall–Kier alpha value is -1.02. The van der Waals surface area contributed by atoms with E-state index in [0.717, 1.165) is 57.8 Å². The molecule has 1 unspecified atom stereocenters. The van der Waals surface area contributed by atoms with Gasteiger partial charge in [-0.25, -0.2) is 4.57 Å². The van der Waals surface area contributed by atoms with Gasteiger partial charge in [-0.05, 0) is 64.2 Å². The van der Waals surface area contributed by atoms with Crippen molar-refractivity contribution in [3.8, 4) is 0 Å². The van der Waals surface area contributed by atoms with E-state index < -0.39 is 20.0 Å². The van der Waals surface area contributed by atoms with E-state index in [1.54, 1.807) is 0 Å². The summed E-state index contributed by atoms with van der Waals surface area (Å²) in [6.07, 6.45) is 42.0. The molecule has 0 fully saturated rings. The molecule has 0 saturated carbocycles. The molecule has 0 bridgehead atoms. The van der Waals surface area contributed by atoms with E-state index in [0.29, 0.717) is 23.9 Å². The Labute approximate surface area is 328 Å². The molecule has 0 rings (SSSR count). The number of carbonyl (C=O) groups is 1. The largest absolute Gasteiger partial charge is 0.472 e. The molecule has 8 nitrogen and oxygen atoms in total. The van der Waals surface area contributed by atoms with Crippen molar-refractivity contribution >= 4 is 13.7 Å². The smallest absolute Gasteiger partial charge is 0.391 e. The first kappa shape index (κ1) is 52.0. The van der Waals surface area contributed by atoms with Crippen molar-refractivity contribution in [1.29, 1.82) is 0 Å². The lowest BCUT2D eigenvalue weighted by Crippen LogP contribution is -2.46. The lowest BCUT2D eigenvalue weighted by molar-refractivity contribution is -0.870. The Morgan fingerprint density at radius 2 is 1.02 bits per heavy atom. The Balaban J connectivity index is 4.42. The van der Waals surface area contributed by atoms with E-state index >= 15 is 0 Å². The average molecular weight is 772 g/mol. The molecule has 1 amide bonds. The number of phosphoric acid groups is 1. The standard InChI is InChI=1S/C44H87N2O6P/c1-6-8-10-12-14-16-18-20-22-23-24-25-27-29-31-33-35-37-43(47)42(41-52-53(49,50)51-40-39-46(3,4)5)45-44(48)38-36-34-32-30-28-26-21-19-17-15-13-11-9-7-2/h19,21,27,29,42-43,47H,6-18,20,22-26,28,30-41H2,1-5H3,(H-,45,48,49,50)/p+1/b21-19+,29-27+/t42-,43+/m0/s1. The quantitative estimate of drug-likeness (QED) is 0.0248. The molecule has 0 aliphatic rings. The molecular weight excluding hydrogens is 683 g/mol. The highest BCUT2D eigenvalue weighted by molar-refractivity contribution is 7.47. The van der Waals surface area contributed by atoms with Gasteiger partial charge in [0.1, 0.15) is 13.2 Å². The number of nitrogens with zero attached hydrogens (tertiary/aromatic N) is 1. The van der Waals surface area contributed by atoms with Gasteiger partial charge in [-0.2, -0.15) is 0 Å². The highest BCUT2D eigenvalue weighted by Crippen LogP contribution is 2.43. The van der Waals surface area contributed by atoms with E-state index in [4.69, 9.17) is 9.05 Å². The summed E-state index contributed by atoms with van der Waals surface area (Å²) in [5, 5.41) is 13.9. The molecule has 3 atom stereocenters. The summed E-state index contributed by atoms with van der Waals surface area (Å²) < 4.78 is 23.6. The normalized spacial score (nSPS) is 14.6. The first-order valence-corrected chi connectivity index (χ1v) is 23.7. The first-order valence-electron chi connectivity index (χ1n) is 22.2. The van der Waals surface area contributed by atoms with E-state index in [1.165, 1.54) is 116 Å². The van der Waals surface area contributed by atoms with Gasteiger partial charge in [0.25, 0.3) is 0 Å². The SMILES string of the molecule is CCCCCCC/C=C/CCCCCCCC(=O)N[C@@H](COP(=O)(O)OCC[N+](C)(C)C)[C@H](O)CCCC/C=C/CCCCCCCCCCCCC. The average Bonchev–Trinajstić information content (AvgIpc) is 3.10. The number of carbonyl (C=O) groups excluding carboxylic acids is 1. The number of amides is 1. The Morgan fingerprint density at radius 3 is 1.45 bits per heavy atom. The van der Waals surface area contributed by atoms with Gasteiger partial charge in [0, 0.05) is 6.42 Å². The minimum Gasteiger partial charge on any atom is -0.391 e. The number of rotatable bonds is 40. The molecule has 0 heterocycles. The van der Waals surface area contributed by atoms with Crippen LogP contribution in [0.3, 0.4) is 0 Å². The molecular formula is C44H88N2O6P+. The third-order valence-corrected chi connectivity index (χ3v) is 10.9. The topological polar surface area (TPSA) is 105 Å². The van der Waals surface area contributed by atoms with Crippen molar-refractivity contribution in [2.24, 2.45) is 0 Å². The number of hydrogen-bond donors (Lipinski definition) is 3. The maximum Gasteiger partial charge on any atom is 0.472 e. The monoisotopic (exact) mass is 772 g/mol. The van der Waals surface area contributed by atoms with E-state index in [9.17, 15) is 19.4 Å². The second-order valence-corrected chi connectivity index (χ2v) is 17.9. The lowest BCUT2D eigenvalue weighted by atomic mass is 10.0. The van der Waals surface area contributed by atoms with Gasteiger partial charge in [0.05, 0.1) is 39.9 Å². The van der Waals surface area contributed by atoms with Crippen LogP contribution in [0.5, 0.6) is 0 Å². The molecule has 0 aliphatic carbocycles. The second kappa shape index (κ2) is 36.6. The summed E-state index contributed by atoms with van der Waals surface area (Å²) in [6.45, 7) is 4.85. The number of aliphatic hydroxyl groups excluding tert-OH is 1. The summed E-state index contributed by atoms with van der Waals surface area (Å²) >= 11 is 0. The predicted octanol–water partition coefficient (Wildman–Crippen LogP) is 12.1. The molecule has 3 N–H and O–H groups in total. The molecule has 0 saturated heterocycles. The summed E-state index contributed by atoms with van der Waals surface area (Å²) in [5.74, 6) is -0.163. The highest BCUT2D eigenvalue weighted by Gasteiger charge is 2.28. The molecule has 53 heavy (non-hydrogen) atoms. The van der Waals surface area contributed by atoms with Gasteiger partial charge in [-0.15, -0.1) is 0 Å². The number of unbranched alkanes of at least 4 members (excludes halogenated alkanes) is 23. The predicted molar refractivity (Wildman–Crippen MR) is 226 cm³/mol. The summed E-state index contributed by atoms with van der Waals surface area (Å²) in [6, 6.07) is -0.778. The maximum atomic E-state index is 12.9. The van der Waals surface area contributed by atoms with Gasteiger partial charge in [-0.3, -0.25) is 13.8 Å². The van der Waals surface area contributed by atoms with Crippen LogP contribution in [-0.4, -0.2) is 73.4 Å². The minimum absolute atomic E-state index is 0.0685. The van der Waals surface area contributed by atoms with Crippen LogP contribution < -0.4 is 5.32 Å². The number of aliphatic hydroxyl groups is 1. The number of hydrogen-bond acceptors (Lipinski definition) is 5. The summed E-state index contributed by atoms with van der Waals surface area (Å²) in [7, 11) is 1.59. The van der Waals surface area contributed by atoms with Crippen LogP contribution in [0.2, 0.25) is 0 Å². The molecule has 9 heteroatoms. The number of phosphoric ester groups is 1. The second-order valence-electron chi connectivity index (χ2n) is 16.4. The van der Waals surface area contributed by atoms with Gasteiger partial charge in [0.15, 0.2) is 0 Å². The number of quaternary nitrogens is 1. The van der Waals surface area contributed by atoms with Crippen LogP contribution >= 0.6 is 7.82 Å². The third kappa shape index (κ3) is 39.0. The minimum atomic E-state index is -4.32. The number of likely N-dealkylation sites (N-methyl/N-ethyl adjacent to an activating group) is 1. The zero-order valence-corrected chi connectivity index (χ0v) is 36.4. The van der Waals surface area contributed by atoms with E-state index in [-0.39, 0.29) is 19.1 Å². The number of nitrogens with one attached hydrogen (secondary N) is 1. The fourth-order valence-corrected chi connectivity index (χ4v) is 7.06. The van der Waals surface area contributed by atoms with Crippen molar-refractivity contribution in [3.05, 3.63) is 24.3 Å². The Bertz CT molecular complexity index is 922. The van der Waals surface area contributed by atoms with Crippen LogP contribution in [0.4, 0.5) is 0 Å². The number of allylic oxidation sites excluding steroid dienone is 4. The van der Waals surface area contributed by atoms with Crippen molar-refractivity contribution in [2.45, 2.75) is 212 Å². The van der Waals surface area contributed by atoms with Crippen LogP contribution in [-0.2, 0) is 18.4 Å². The van der Waals surface area contributed by atoms with Gasteiger partial charge in [0.2, 0.25) is 5.91 Å². The van der Waals surface area contributed by atoms with Crippen molar-refractivity contribution in [3.63, 3.8) is 0 Å². The Kier molecular flexibility index (Phi) is 35.9. The van der Waals surface area contributed by atoms with E-state index in [1.807, 2.05) is 21.1 Å². The van der Waals surface area contributed by atoms with Gasteiger partial charge < -0.3 is 19.8 Å². The van der Waals surface area contributed by atoms with Crippen LogP contribution in [0.25, 0.3) is 0 Å². The summed E-state index contributed by atoms with van der Waals surface area (Å²) in [5.41, 5.74) is 0. The molecule has 0 radical (unpaired) electrons. The first-order chi connectivity index (χ1) is 25.5. The molecule has 314 valence electrons. The van der Waals surface area contributed by atoms with Crippen molar-refractivity contribution in [1.82, 2.24) is 5.32 Å². The molecule has 0 spiro atoms. The zero-order valence-electron chi connectivity index (χ0n) is 35.5. The molecule has 0 aliphatic heterocycles. The van der Waals surface area contributed by atoms with Gasteiger partial charge >= 0.3 is 7.82 Å². The fraction of sp³-hybridized carbons (Fsp3) is 0.886. The van der Waals surface area contributed by atoms with Crippen molar-refractivity contribution < 1.29 is 32.9 Å². The van der Waals surface area contributed by atoms with Crippen LogP contribution in [0.1, 0.15) is 200 Å². The highest BCUT2D eigenvalue weighted by atomic mass is 31.2. The molecule has 0 aromatic heterocycles. The van der Waals surface area contributed by atoms with Crippen molar-refractivity contribution in [2.75, 3.05) is 40.9 Å². The summed E-state index contributed by atoms with van der Waals surface area (Å²) in [4.78, 5) is 23.1. The zero-order chi connectivity index (χ0) is 39.3. The Morgan fingerprint density at radius 1 is 0.623 bits per heavy atom. The fourth-order valence-electron chi connectivity index (χ4n) is 6.33. The molecule has 0 aromatic rings. The van der Waals surface area contributed by atoms with Gasteiger partial charge in [-0.1, -0.05) is 154 Å². The van der Waals surface area contributed by atoms with Crippen LogP contribution in [0, 0.1) is 0 Å². The maximum absolute atomic E-state index is 12.9. The lowest BCUT2D eigenvalue weighted by Gasteiger charge is -2.26.